The van der Waals surface area contributed by atoms with Crippen LogP contribution in [0.2, 0.25) is 5.02 Å². The van der Waals surface area contributed by atoms with Crippen LogP contribution in [0.5, 0.6) is 5.75 Å². The first-order valence-electron chi connectivity index (χ1n) is 8.92. The molecule has 3 nitrogen and oxygen atoms in total. The Balaban J connectivity index is 1.82. The second-order valence-electron chi connectivity index (χ2n) is 6.57. The second kappa shape index (κ2) is 7.76. The highest BCUT2D eigenvalue weighted by Crippen LogP contribution is 2.24. The highest BCUT2D eigenvalue weighted by Gasteiger charge is 2.25. The van der Waals surface area contributed by atoms with Gasteiger partial charge < -0.3 is 4.65 Å². The Morgan fingerprint density at radius 2 is 1.71 bits per heavy atom. The third-order valence-corrected chi connectivity index (χ3v) is 5.09. The number of aromatic nitrogens is 1. The Hall–Kier alpha value is -3.29. The lowest BCUT2D eigenvalue weighted by molar-refractivity contribution is 0.597. The van der Waals surface area contributed by atoms with Crippen LogP contribution < -0.4 is 15.6 Å². The van der Waals surface area contributed by atoms with Gasteiger partial charge in [0.1, 0.15) is 11.3 Å². The largest absolute Gasteiger partial charge is 0.550 e. The molecule has 5 heteroatoms. The predicted molar refractivity (Wildman–Crippen MR) is 115 cm³/mol. The summed E-state index contributed by atoms with van der Waals surface area (Å²) in [7, 11) is 0. The van der Waals surface area contributed by atoms with Gasteiger partial charge in [0.15, 0.2) is 0 Å². The molecule has 0 aliphatic rings. The van der Waals surface area contributed by atoms with E-state index in [1.807, 2.05) is 67.6 Å². The van der Waals surface area contributed by atoms with Crippen LogP contribution in [0, 0.1) is 18.3 Å². The van der Waals surface area contributed by atoms with Crippen LogP contribution in [0.4, 0.5) is 0 Å². The topological polar surface area (TPSA) is 45.9 Å². The number of hydrogen-bond acceptors (Lipinski definition) is 3. The van der Waals surface area contributed by atoms with Crippen molar-refractivity contribution in [2.75, 3.05) is 0 Å². The molecular weight excluding hydrogens is 367 g/mol. The van der Waals surface area contributed by atoms with Gasteiger partial charge in [0.2, 0.25) is 0 Å². The number of aryl methyl sites for hydroxylation is 1. The molecule has 1 heterocycles. The summed E-state index contributed by atoms with van der Waals surface area (Å²) in [5.74, 6) is 0.708. The van der Waals surface area contributed by atoms with Crippen LogP contribution in [0.1, 0.15) is 11.1 Å². The standard InChI is InChI=1S/C23H16BClN2O/c1-16-14-20(11-12-21(16)25)24(19-9-7-17(15-26)8-10-19)28-22-6-2-4-18-5-3-13-27-23(18)22/h2-14H,1H3. The Morgan fingerprint density at radius 3 is 2.46 bits per heavy atom. The third-order valence-electron chi connectivity index (χ3n) is 4.67. The van der Waals surface area contributed by atoms with Crippen molar-refractivity contribution in [3.05, 3.63) is 95.1 Å². The summed E-state index contributed by atoms with van der Waals surface area (Å²) in [5.41, 5.74) is 4.35. The van der Waals surface area contributed by atoms with Crippen LogP contribution in [0.15, 0.2) is 79.0 Å². The number of nitriles is 1. The Labute approximate surface area is 169 Å². The fraction of sp³-hybridized carbons (Fsp3) is 0.0435. The highest BCUT2D eigenvalue weighted by atomic mass is 35.5. The molecule has 0 fully saturated rings. The monoisotopic (exact) mass is 382 g/mol. The minimum atomic E-state index is -0.351. The predicted octanol–water partition coefficient (Wildman–Crippen LogP) is 4.25. The number of pyridine rings is 1. The van der Waals surface area contributed by atoms with Gasteiger partial charge in [0.25, 0.3) is 0 Å². The maximum Gasteiger partial charge on any atom is 0.426 e. The first-order valence-corrected chi connectivity index (χ1v) is 9.30. The minimum absolute atomic E-state index is 0.351. The van der Waals surface area contributed by atoms with Gasteiger partial charge in [-0.15, -0.1) is 0 Å². The van der Waals surface area contributed by atoms with Crippen LogP contribution in [0.25, 0.3) is 10.9 Å². The molecule has 0 saturated carbocycles. The molecule has 1 aromatic heterocycles. The lowest BCUT2D eigenvalue weighted by atomic mass is 9.55. The zero-order valence-electron chi connectivity index (χ0n) is 15.3. The molecule has 4 aromatic rings. The van der Waals surface area contributed by atoms with Crippen molar-refractivity contribution in [3.63, 3.8) is 0 Å². The molecule has 4 rings (SSSR count). The molecule has 0 saturated heterocycles. The van der Waals surface area contributed by atoms with Crippen molar-refractivity contribution in [2.24, 2.45) is 0 Å². The van der Waals surface area contributed by atoms with E-state index in [0.29, 0.717) is 16.3 Å². The number of para-hydroxylation sites is 1. The molecule has 0 amide bonds. The van der Waals surface area contributed by atoms with E-state index in [0.717, 1.165) is 27.4 Å². The average Bonchev–Trinajstić information content (AvgIpc) is 2.74. The van der Waals surface area contributed by atoms with Crippen LogP contribution in [-0.4, -0.2) is 11.9 Å². The molecule has 0 radical (unpaired) electrons. The van der Waals surface area contributed by atoms with Crippen molar-refractivity contribution in [1.29, 1.82) is 5.26 Å². The Kier molecular flexibility index (Phi) is 5.01. The van der Waals surface area contributed by atoms with Gasteiger partial charge in [0.05, 0.1) is 11.6 Å². The first kappa shape index (κ1) is 18.1. The average molecular weight is 383 g/mol. The molecule has 28 heavy (non-hydrogen) atoms. The van der Waals surface area contributed by atoms with Crippen molar-refractivity contribution >= 4 is 40.3 Å². The van der Waals surface area contributed by atoms with E-state index in [4.69, 9.17) is 21.5 Å². The molecule has 0 N–H and O–H groups in total. The van der Waals surface area contributed by atoms with Gasteiger partial charge in [-0.25, -0.2) is 0 Å². The summed E-state index contributed by atoms with van der Waals surface area (Å²) in [4.78, 5) is 4.49. The van der Waals surface area contributed by atoms with E-state index < -0.39 is 0 Å². The normalized spacial score (nSPS) is 10.5. The number of halogens is 1. The van der Waals surface area contributed by atoms with E-state index in [2.05, 4.69) is 11.1 Å². The maximum atomic E-state index is 9.10. The third kappa shape index (κ3) is 3.58. The highest BCUT2D eigenvalue weighted by molar-refractivity contribution is 6.80. The lowest BCUT2D eigenvalue weighted by Crippen LogP contribution is -2.47. The molecule has 0 aliphatic carbocycles. The quantitative estimate of drug-likeness (QED) is 0.496. The smallest absolute Gasteiger partial charge is 0.426 e. The van der Waals surface area contributed by atoms with Crippen LogP contribution in [-0.2, 0) is 0 Å². The van der Waals surface area contributed by atoms with E-state index >= 15 is 0 Å². The van der Waals surface area contributed by atoms with Gasteiger partial charge >= 0.3 is 6.92 Å². The first-order chi connectivity index (χ1) is 13.7. The molecular formula is C23H16BClN2O. The molecule has 0 aliphatic heterocycles. The summed E-state index contributed by atoms with van der Waals surface area (Å²) in [6, 6.07) is 25.3. The molecule has 0 bridgehead atoms. The van der Waals surface area contributed by atoms with Crippen molar-refractivity contribution in [1.82, 2.24) is 4.98 Å². The van der Waals surface area contributed by atoms with Gasteiger partial charge in [-0.2, -0.15) is 5.26 Å². The van der Waals surface area contributed by atoms with Crippen molar-refractivity contribution in [2.45, 2.75) is 6.92 Å². The fourth-order valence-electron chi connectivity index (χ4n) is 3.19. The molecule has 0 spiro atoms. The summed E-state index contributed by atoms with van der Waals surface area (Å²) < 4.78 is 6.48. The molecule has 134 valence electrons. The Morgan fingerprint density at radius 1 is 0.964 bits per heavy atom. The van der Waals surface area contributed by atoms with Crippen LogP contribution >= 0.6 is 11.6 Å². The number of benzene rings is 3. The van der Waals surface area contributed by atoms with Gasteiger partial charge in [-0.1, -0.05) is 54.1 Å². The van der Waals surface area contributed by atoms with E-state index in [9.17, 15) is 0 Å². The summed E-state index contributed by atoms with van der Waals surface area (Å²) in [5, 5.41) is 10.8. The van der Waals surface area contributed by atoms with E-state index in [-0.39, 0.29) is 6.92 Å². The minimum Gasteiger partial charge on any atom is -0.550 e. The maximum absolute atomic E-state index is 9.10. The number of fused-ring (bicyclic) bond motifs is 1. The van der Waals surface area contributed by atoms with Crippen molar-refractivity contribution < 1.29 is 4.65 Å². The van der Waals surface area contributed by atoms with E-state index in [1.165, 1.54) is 0 Å². The Bertz CT molecular complexity index is 1180. The van der Waals surface area contributed by atoms with Gasteiger partial charge in [0, 0.05) is 16.6 Å². The van der Waals surface area contributed by atoms with Gasteiger partial charge in [-0.3, -0.25) is 4.98 Å². The molecule has 0 atom stereocenters. The lowest BCUT2D eigenvalue weighted by Gasteiger charge is -2.18. The summed E-state index contributed by atoms with van der Waals surface area (Å²) >= 11 is 6.22. The summed E-state index contributed by atoms with van der Waals surface area (Å²) in [6.45, 7) is 1.62. The van der Waals surface area contributed by atoms with E-state index in [1.54, 1.807) is 18.3 Å². The number of nitrogens with zero attached hydrogens (tertiary/aromatic N) is 2. The van der Waals surface area contributed by atoms with Crippen molar-refractivity contribution in [3.8, 4) is 11.8 Å². The number of rotatable bonds is 4. The second-order valence-corrected chi connectivity index (χ2v) is 6.98. The SMILES string of the molecule is Cc1cc(B(Oc2cccc3cccnc23)c2ccc(C#N)cc2)ccc1Cl. The number of hydrogen-bond donors (Lipinski definition) is 0. The van der Waals surface area contributed by atoms with Gasteiger partial charge in [-0.05, 0) is 53.7 Å². The molecule has 0 unspecified atom stereocenters. The fourth-order valence-corrected chi connectivity index (χ4v) is 3.31. The molecule has 3 aromatic carbocycles. The van der Waals surface area contributed by atoms with Crippen LogP contribution in [0.3, 0.4) is 0 Å². The summed E-state index contributed by atoms with van der Waals surface area (Å²) in [6.07, 6.45) is 1.76. The zero-order chi connectivity index (χ0) is 19.5. The zero-order valence-corrected chi connectivity index (χ0v) is 16.0.